The quantitative estimate of drug-likeness (QED) is 0.697. The molecule has 0 aliphatic carbocycles. The van der Waals surface area contributed by atoms with Crippen LogP contribution in [0.1, 0.15) is 18.9 Å². The molecule has 0 bridgehead atoms. The second kappa shape index (κ2) is 7.90. The van der Waals surface area contributed by atoms with Crippen molar-refractivity contribution < 1.29 is 8.42 Å². The van der Waals surface area contributed by atoms with Crippen molar-refractivity contribution >= 4 is 45.0 Å². The molecule has 114 valence electrons. The smallest absolute Gasteiger partial charge is 0.207 e. The predicted molar refractivity (Wildman–Crippen MR) is 88.4 cm³/mol. The van der Waals surface area contributed by atoms with Crippen molar-refractivity contribution in [3.8, 4) is 0 Å². The van der Waals surface area contributed by atoms with Crippen LogP contribution in [0.3, 0.4) is 0 Å². The number of sulfonamides is 1. The number of rotatable bonds is 7. The van der Waals surface area contributed by atoms with Gasteiger partial charge in [-0.15, -0.1) is 11.6 Å². The van der Waals surface area contributed by atoms with E-state index in [0.717, 1.165) is 17.7 Å². The molecule has 1 aromatic carbocycles. The van der Waals surface area contributed by atoms with E-state index in [1.54, 1.807) is 37.0 Å². The summed E-state index contributed by atoms with van der Waals surface area (Å²) in [5, 5.41) is 0.225. The maximum atomic E-state index is 12.6. The van der Waals surface area contributed by atoms with Crippen LogP contribution in [0.5, 0.6) is 0 Å². The Kier molecular flexibility index (Phi) is 7.15. The van der Waals surface area contributed by atoms with Gasteiger partial charge >= 0.3 is 0 Å². The van der Waals surface area contributed by atoms with Crippen LogP contribution in [0, 0.1) is 0 Å². The summed E-state index contributed by atoms with van der Waals surface area (Å²) < 4.78 is 26.6. The third-order valence-corrected chi connectivity index (χ3v) is 6.57. The average molecular weight is 356 g/mol. The molecule has 0 N–H and O–H groups in total. The maximum Gasteiger partial charge on any atom is 0.244 e. The number of hydrogen-bond donors (Lipinski definition) is 0. The molecule has 0 saturated carbocycles. The van der Waals surface area contributed by atoms with E-state index in [4.69, 9.17) is 23.2 Å². The van der Waals surface area contributed by atoms with Crippen molar-refractivity contribution in [3.63, 3.8) is 0 Å². The third kappa shape index (κ3) is 4.28. The fraction of sp³-hybridized carbons (Fsp3) is 0.538. The normalized spacial score (nSPS) is 13.7. The Bertz CT molecular complexity index is 549. The summed E-state index contributed by atoms with van der Waals surface area (Å²) in [6.45, 7) is 1.90. The second-order valence-electron chi connectivity index (χ2n) is 4.55. The zero-order valence-electron chi connectivity index (χ0n) is 11.8. The highest BCUT2D eigenvalue weighted by molar-refractivity contribution is 7.98. The van der Waals surface area contributed by atoms with E-state index < -0.39 is 10.0 Å². The summed E-state index contributed by atoms with van der Waals surface area (Å²) in [4.78, 5) is 0.121. The number of hydrogen-bond acceptors (Lipinski definition) is 3. The fourth-order valence-electron chi connectivity index (χ4n) is 1.69. The Hall–Kier alpha value is 0.0600. The monoisotopic (exact) mass is 355 g/mol. The standard InChI is InChI=1S/C13H19Cl2NO2S2/c1-10(6-7-19-3)16(2)20(17,18)13-8-11(9-14)4-5-12(13)15/h4-5,8,10H,6-7,9H2,1-3H3. The molecule has 0 saturated heterocycles. The Morgan fingerprint density at radius 3 is 2.60 bits per heavy atom. The third-order valence-electron chi connectivity index (χ3n) is 3.17. The summed E-state index contributed by atoms with van der Waals surface area (Å²) in [6.07, 6.45) is 2.80. The van der Waals surface area contributed by atoms with Crippen LogP contribution in [0.2, 0.25) is 5.02 Å². The summed E-state index contributed by atoms with van der Waals surface area (Å²) in [5.74, 6) is 1.17. The first kappa shape index (κ1) is 18.1. The van der Waals surface area contributed by atoms with Crippen LogP contribution >= 0.6 is 35.0 Å². The van der Waals surface area contributed by atoms with Gasteiger partial charge in [-0.3, -0.25) is 0 Å². The van der Waals surface area contributed by atoms with E-state index in [9.17, 15) is 8.42 Å². The van der Waals surface area contributed by atoms with Gasteiger partial charge in [-0.2, -0.15) is 16.1 Å². The van der Waals surface area contributed by atoms with Crippen molar-refractivity contribution in [1.29, 1.82) is 0 Å². The highest BCUT2D eigenvalue weighted by Gasteiger charge is 2.27. The summed E-state index contributed by atoms with van der Waals surface area (Å²) in [6, 6.07) is 4.77. The molecule has 1 aromatic rings. The number of nitrogens with zero attached hydrogens (tertiary/aromatic N) is 1. The van der Waals surface area contributed by atoms with Gasteiger partial charge in [0.2, 0.25) is 10.0 Å². The SMILES string of the molecule is CSCCC(C)N(C)S(=O)(=O)c1cc(CCl)ccc1Cl. The number of alkyl halides is 1. The predicted octanol–water partition coefficient (Wildman–Crippen LogP) is 3.84. The van der Waals surface area contributed by atoms with Crippen molar-refractivity contribution in [3.05, 3.63) is 28.8 Å². The van der Waals surface area contributed by atoms with E-state index in [1.165, 1.54) is 4.31 Å². The number of halogens is 2. The maximum absolute atomic E-state index is 12.6. The zero-order chi connectivity index (χ0) is 15.3. The lowest BCUT2D eigenvalue weighted by atomic mass is 10.2. The van der Waals surface area contributed by atoms with E-state index in [2.05, 4.69) is 0 Å². The molecule has 0 heterocycles. The minimum atomic E-state index is -3.60. The van der Waals surface area contributed by atoms with Gasteiger partial charge in [-0.25, -0.2) is 8.42 Å². The number of thioether (sulfide) groups is 1. The molecular weight excluding hydrogens is 337 g/mol. The van der Waals surface area contributed by atoms with Crippen molar-refractivity contribution in [2.45, 2.75) is 30.2 Å². The molecule has 0 radical (unpaired) electrons. The average Bonchev–Trinajstić information content (AvgIpc) is 2.44. The molecule has 0 amide bonds. The molecule has 0 spiro atoms. The molecule has 3 nitrogen and oxygen atoms in total. The van der Waals surface area contributed by atoms with Gasteiger partial charge < -0.3 is 0 Å². The molecule has 0 fully saturated rings. The van der Waals surface area contributed by atoms with Crippen LogP contribution < -0.4 is 0 Å². The van der Waals surface area contributed by atoms with Gasteiger partial charge in [0, 0.05) is 19.0 Å². The first-order chi connectivity index (χ1) is 9.34. The highest BCUT2D eigenvalue weighted by Crippen LogP contribution is 2.27. The van der Waals surface area contributed by atoms with E-state index in [0.29, 0.717) is 0 Å². The first-order valence-electron chi connectivity index (χ1n) is 6.16. The van der Waals surface area contributed by atoms with Gasteiger partial charge in [-0.1, -0.05) is 17.7 Å². The van der Waals surface area contributed by atoms with Crippen LogP contribution in [-0.2, 0) is 15.9 Å². The minimum Gasteiger partial charge on any atom is -0.207 e. The Labute approximate surface area is 135 Å². The van der Waals surface area contributed by atoms with Gasteiger partial charge in [0.25, 0.3) is 0 Å². The van der Waals surface area contributed by atoms with Gasteiger partial charge in [0.05, 0.1) is 5.02 Å². The minimum absolute atomic E-state index is 0.0804. The second-order valence-corrected chi connectivity index (χ2v) is 8.18. The van der Waals surface area contributed by atoms with E-state index in [1.807, 2.05) is 13.2 Å². The molecule has 0 aromatic heterocycles. The fourth-order valence-corrected chi connectivity index (χ4v) is 4.35. The van der Waals surface area contributed by atoms with Crippen LogP contribution in [0.4, 0.5) is 0 Å². The first-order valence-corrected chi connectivity index (χ1v) is 9.90. The molecule has 20 heavy (non-hydrogen) atoms. The Morgan fingerprint density at radius 1 is 1.40 bits per heavy atom. The molecule has 0 aliphatic rings. The van der Waals surface area contributed by atoms with Crippen LogP contribution in [0.15, 0.2) is 23.1 Å². The molecule has 1 unspecified atom stereocenters. The zero-order valence-corrected chi connectivity index (χ0v) is 14.9. The summed E-state index contributed by atoms with van der Waals surface area (Å²) in [7, 11) is -2.01. The summed E-state index contributed by atoms with van der Waals surface area (Å²) >= 11 is 13.5. The molecule has 1 atom stereocenters. The topological polar surface area (TPSA) is 37.4 Å². The highest BCUT2D eigenvalue weighted by atomic mass is 35.5. The Morgan fingerprint density at radius 2 is 2.05 bits per heavy atom. The molecule has 0 aliphatic heterocycles. The van der Waals surface area contributed by atoms with Gasteiger partial charge in [-0.05, 0) is 43.0 Å². The lowest BCUT2D eigenvalue weighted by Crippen LogP contribution is -2.35. The van der Waals surface area contributed by atoms with E-state index in [-0.39, 0.29) is 21.8 Å². The van der Waals surface area contributed by atoms with Gasteiger partial charge in [0.1, 0.15) is 4.90 Å². The molecular formula is C13H19Cl2NO2S2. The van der Waals surface area contributed by atoms with Crippen LogP contribution in [-0.4, -0.2) is 37.8 Å². The molecule has 1 rings (SSSR count). The largest absolute Gasteiger partial charge is 0.244 e. The Balaban J connectivity index is 3.09. The van der Waals surface area contributed by atoms with Gasteiger partial charge in [0.15, 0.2) is 0 Å². The molecule has 7 heteroatoms. The number of benzene rings is 1. The van der Waals surface area contributed by atoms with Crippen molar-refractivity contribution in [2.24, 2.45) is 0 Å². The van der Waals surface area contributed by atoms with Crippen molar-refractivity contribution in [2.75, 3.05) is 19.1 Å². The van der Waals surface area contributed by atoms with E-state index >= 15 is 0 Å². The summed E-state index contributed by atoms with van der Waals surface area (Å²) in [5.41, 5.74) is 0.736. The lowest BCUT2D eigenvalue weighted by molar-refractivity contribution is 0.382. The van der Waals surface area contributed by atoms with Crippen molar-refractivity contribution in [1.82, 2.24) is 4.31 Å². The lowest BCUT2D eigenvalue weighted by Gasteiger charge is -2.24. The van der Waals surface area contributed by atoms with Crippen LogP contribution in [0.25, 0.3) is 0 Å².